The van der Waals surface area contributed by atoms with Crippen LogP contribution in [0.3, 0.4) is 0 Å². The molecular formula is C23H31FO6. The number of ether oxygens (including phenoxy) is 1. The number of rotatable bonds is 3. The number of allylic oxidation sites excluding steroid dienone is 1. The Balaban J connectivity index is 1.71. The minimum Gasteiger partial charge on any atom is -0.458 e. The Kier molecular flexibility index (Phi) is 4.83. The first kappa shape index (κ1) is 21.6. The number of halogens is 1. The molecule has 7 atom stereocenters. The van der Waals surface area contributed by atoms with Crippen molar-refractivity contribution in [1.29, 1.82) is 0 Å². The molecule has 0 amide bonds. The standard InChI is InChI=1S/C23H31FO6/c1-13(25)30-12-19(28)22(29)9-7-16-17-5-4-14-10-15(26)6-8-20(14,2)23(17,24)18(27)11-21(16,22)3/h10,16-18,27,29H,4-9,11-12H2,1-3H3/t16-,17+,18+,20+,21+,22-,23-/m1/s1. The van der Waals surface area contributed by atoms with E-state index in [1.165, 1.54) is 6.92 Å². The van der Waals surface area contributed by atoms with Gasteiger partial charge in [-0.1, -0.05) is 19.4 Å². The number of fused-ring (bicyclic) bond motifs is 5. The summed E-state index contributed by atoms with van der Waals surface area (Å²) in [6.07, 6.45) is 2.45. The first-order chi connectivity index (χ1) is 13.9. The lowest BCUT2D eigenvalue weighted by molar-refractivity contribution is -0.227. The second-order valence-corrected chi connectivity index (χ2v) is 10.2. The fourth-order valence-electron chi connectivity index (χ4n) is 7.32. The second-order valence-electron chi connectivity index (χ2n) is 10.2. The highest BCUT2D eigenvalue weighted by atomic mass is 19.1. The van der Waals surface area contributed by atoms with E-state index in [1.54, 1.807) is 13.0 Å². The van der Waals surface area contributed by atoms with Gasteiger partial charge in [0.05, 0.1) is 6.10 Å². The number of hydrogen-bond donors (Lipinski definition) is 2. The summed E-state index contributed by atoms with van der Waals surface area (Å²) >= 11 is 0. The van der Waals surface area contributed by atoms with Crippen LogP contribution in [0.15, 0.2) is 11.6 Å². The van der Waals surface area contributed by atoms with Gasteiger partial charge in [0.2, 0.25) is 5.78 Å². The van der Waals surface area contributed by atoms with Crippen molar-refractivity contribution in [3.63, 3.8) is 0 Å². The average molecular weight is 422 g/mol. The van der Waals surface area contributed by atoms with Gasteiger partial charge in [0.25, 0.3) is 0 Å². The molecule has 0 saturated heterocycles. The van der Waals surface area contributed by atoms with E-state index in [-0.39, 0.29) is 31.0 Å². The van der Waals surface area contributed by atoms with Crippen LogP contribution in [-0.2, 0) is 19.1 Å². The SMILES string of the molecule is CC(=O)OCC(=O)[C@]1(O)CC[C@@H]2[C@@H]3CCC4=CC(=O)CC[C@]4(C)[C@]3(F)[C@@H](O)C[C@@]21C. The summed E-state index contributed by atoms with van der Waals surface area (Å²) in [5, 5.41) is 22.6. The van der Waals surface area contributed by atoms with E-state index in [9.17, 15) is 24.6 Å². The van der Waals surface area contributed by atoms with Crippen LogP contribution in [0, 0.1) is 22.7 Å². The number of Topliss-reactive ketones (excluding diaryl/α,β-unsaturated/α-hetero) is 1. The van der Waals surface area contributed by atoms with Gasteiger partial charge in [0.15, 0.2) is 12.4 Å². The number of ketones is 2. The molecule has 7 heteroatoms. The van der Waals surface area contributed by atoms with Crippen molar-refractivity contribution in [2.24, 2.45) is 22.7 Å². The fourth-order valence-corrected chi connectivity index (χ4v) is 7.32. The Labute approximate surface area is 175 Å². The average Bonchev–Trinajstić information content (AvgIpc) is 2.94. The lowest BCUT2D eigenvalue weighted by Crippen LogP contribution is -2.69. The molecule has 6 nitrogen and oxygen atoms in total. The molecule has 166 valence electrons. The highest BCUT2D eigenvalue weighted by Gasteiger charge is 2.74. The monoisotopic (exact) mass is 422 g/mol. The summed E-state index contributed by atoms with van der Waals surface area (Å²) in [4.78, 5) is 35.9. The van der Waals surface area contributed by atoms with Crippen LogP contribution < -0.4 is 0 Å². The van der Waals surface area contributed by atoms with Crippen molar-refractivity contribution in [3.8, 4) is 0 Å². The van der Waals surface area contributed by atoms with E-state index in [4.69, 9.17) is 4.74 Å². The zero-order valence-corrected chi connectivity index (χ0v) is 17.9. The Bertz CT molecular complexity index is 838. The Morgan fingerprint density at radius 2 is 1.90 bits per heavy atom. The number of carbonyl (C=O) groups excluding carboxylic acids is 3. The predicted molar refractivity (Wildman–Crippen MR) is 105 cm³/mol. The van der Waals surface area contributed by atoms with Crippen LogP contribution >= 0.6 is 0 Å². The van der Waals surface area contributed by atoms with E-state index in [0.29, 0.717) is 25.7 Å². The normalized spacial score (nSPS) is 47.6. The number of esters is 1. The topological polar surface area (TPSA) is 101 Å². The summed E-state index contributed by atoms with van der Waals surface area (Å²) in [7, 11) is 0. The molecule has 30 heavy (non-hydrogen) atoms. The van der Waals surface area contributed by atoms with Crippen molar-refractivity contribution in [3.05, 3.63) is 11.6 Å². The van der Waals surface area contributed by atoms with Gasteiger partial charge in [-0.15, -0.1) is 0 Å². The maximum absolute atomic E-state index is 16.9. The lowest BCUT2D eigenvalue weighted by Gasteiger charge is -2.63. The summed E-state index contributed by atoms with van der Waals surface area (Å²) in [6, 6.07) is 0. The third-order valence-electron chi connectivity index (χ3n) is 9.06. The molecule has 0 aromatic rings. The Morgan fingerprint density at radius 3 is 2.57 bits per heavy atom. The van der Waals surface area contributed by atoms with E-state index in [2.05, 4.69) is 0 Å². The fraction of sp³-hybridized carbons (Fsp3) is 0.783. The van der Waals surface area contributed by atoms with Crippen LogP contribution in [0.1, 0.15) is 65.7 Å². The molecule has 4 aliphatic carbocycles. The molecular weight excluding hydrogens is 391 g/mol. The maximum Gasteiger partial charge on any atom is 0.303 e. The number of aliphatic hydroxyl groups is 2. The van der Waals surface area contributed by atoms with Gasteiger partial charge in [-0.25, -0.2) is 4.39 Å². The van der Waals surface area contributed by atoms with Crippen LogP contribution in [0.2, 0.25) is 0 Å². The van der Waals surface area contributed by atoms with E-state index in [1.807, 2.05) is 6.92 Å². The van der Waals surface area contributed by atoms with E-state index in [0.717, 1.165) is 5.57 Å². The molecule has 3 fully saturated rings. The van der Waals surface area contributed by atoms with Gasteiger partial charge in [0, 0.05) is 30.1 Å². The molecule has 0 aromatic carbocycles. The van der Waals surface area contributed by atoms with Crippen LogP contribution in [0.4, 0.5) is 4.39 Å². The lowest BCUT2D eigenvalue weighted by atomic mass is 9.44. The third kappa shape index (κ3) is 2.57. The minimum atomic E-state index is -1.91. The quantitative estimate of drug-likeness (QED) is 0.678. The summed E-state index contributed by atoms with van der Waals surface area (Å²) < 4.78 is 21.8. The van der Waals surface area contributed by atoms with Crippen molar-refractivity contribution in [2.75, 3.05) is 6.61 Å². The first-order valence-electron chi connectivity index (χ1n) is 10.9. The summed E-state index contributed by atoms with van der Waals surface area (Å²) in [6.45, 7) is 4.25. The highest BCUT2D eigenvalue weighted by molar-refractivity contribution is 5.92. The number of alkyl halides is 1. The van der Waals surface area contributed by atoms with Crippen molar-refractivity contribution < 1.29 is 33.7 Å². The minimum absolute atomic E-state index is 0.00553. The van der Waals surface area contributed by atoms with Crippen LogP contribution in [-0.4, -0.2) is 51.7 Å². The van der Waals surface area contributed by atoms with E-state index < -0.39 is 52.5 Å². The molecule has 0 heterocycles. The molecule has 2 N–H and O–H groups in total. The van der Waals surface area contributed by atoms with Gasteiger partial charge in [-0.05, 0) is 50.5 Å². The predicted octanol–water partition coefficient (Wildman–Crippen LogP) is 2.44. The van der Waals surface area contributed by atoms with Crippen LogP contribution in [0.5, 0.6) is 0 Å². The Morgan fingerprint density at radius 1 is 1.20 bits per heavy atom. The molecule has 0 aliphatic heterocycles. The summed E-state index contributed by atoms with van der Waals surface area (Å²) in [5.41, 5.74) is -4.83. The molecule has 0 radical (unpaired) electrons. The summed E-state index contributed by atoms with van der Waals surface area (Å²) in [5.74, 6) is -1.99. The number of carbonyl (C=O) groups is 3. The third-order valence-corrected chi connectivity index (χ3v) is 9.06. The zero-order valence-electron chi connectivity index (χ0n) is 17.9. The zero-order chi connectivity index (χ0) is 22.1. The van der Waals surface area contributed by atoms with Gasteiger partial charge in [0.1, 0.15) is 11.3 Å². The molecule has 0 bridgehead atoms. The molecule has 0 aromatic heterocycles. The first-order valence-corrected chi connectivity index (χ1v) is 10.9. The van der Waals surface area contributed by atoms with Crippen molar-refractivity contribution in [1.82, 2.24) is 0 Å². The largest absolute Gasteiger partial charge is 0.458 e. The molecule has 0 spiro atoms. The van der Waals surface area contributed by atoms with Gasteiger partial charge < -0.3 is 14.9 Å². The Hall–Kier alpha value is -1.60. The van der Waals surface area contributed by atoms with E-state index >= 15 is 4.39 Å². The van der Waals surface area contributed by atoms with Gasteiger partial charge in [-0.3, -0.25) is 14.4 Å². The molecule has 0 unspecified atom stereocenters. The van der Waals surface area contributed by atoms with Crippen LogP contribution in [0.25, 0.3) is 0 Å². The van der Waals surface area contributed by atoms with Gasteiger partial charge >= 0.3 is 5.97 Å². The number of aliphatic hydroxyl groups excluding tert-OH is 1. The molecule has 4 aliphatic rings. The number of hydrogen-bond acceptors (Lipinski definition) is 6. The molecule has 3 saturated carbocycles. The maximum atomic E-state index is 16.9. The van der Waals surface area contributed by atoms with Crippen molar-refractivity contribution in [2.45, 2.75) is 83.1 Å². The molecule has 4 rings (SSSR count). The van der Waals surface area contributed by atoms with Crippen molar-refractivity contribution >= 4 is 17.5 Å². The smallest absolute Gasteiger partial charge is 0.303 e. The second kappa shape index (κ2) is 6.70. The van der Waals surface area contributed by atoms with Gasteiger partial charge in [-0.2, -0.15) is 0 Å². The highest BCUT2D eigenvalue weighted by Crippen LogP contribution is 2.70.